The van der Waals surface area contributed by atoms with Gasteiger partial charge in [0.25, 0.3) is 0 Å². The third kappa shape index (κ3) is 2.85. The van der Waals surface area contributed by atoms with Crippen molar-refractivity contribution in [1.82, 2.24) is 5.32 Å². The van der Waals surface area contributed by atoms with Gasteiger partial charge in [-0.1, -0.05) is 20.3 Å². The van der Waals surface area contributed by atoms with Crippen molar-refractivity contribution in [2.24, 2.45) is 40.2 Å². The Kier molecular flexibility index (Phi) is 4.52. The lowest BCUT2D eigenvalue weighted by Gasteiger charge is -2.59. The molecule has 0 radical (unpaired) electrons. The normalized spacial score (nSPS) is 43.2. The van der Waals surface area contributed by atoms with E-state index in [4.69, 9.17) is 5.73 Å². The van der Waals surface area contributed by atoms with Crippen molar-refractivity contribution in [3.05, 3.63) is 11.3 Å². The van der Waals surface area contributed by atoms with Crippen molar-refractivity contribution >= 4 is 11.7 Å². The minimum atomic E-state index is -0.298. The van der Waals surface area contributed by atoms with E-state index < -0.39 is 0 Å². The van der Waals surface area contributed by atoms with Gasteiger partial charge < -0.3 is 11.1 Å². The summed E-state index contributed by atoms with van der Waals surface area (Å²) in [5.41, 5.74) is 7.84. The zero-order valence-electron chi connectivity index (χ0n) is 18.4. The van der Waals surface area contributed by atoms with Gasteiger partial charge in [-0.05, 0) is 88.0 Å². The lowest BCUT2D eigenvalue weighted by molar-refractivity contribution is -0.141. The van der Waals surface area contributed by atoms with E-state index in [0.29, 0.717) is 22.9 Å². The fourth-order valence-corrected chi connectivity index (χ4v) is 7.62. The first-order chi connectivity index (χ1) is 13.0. The van der Waals surface area contributed by atoms with Crippen LogP contribution in [0.4, 0.5) is 0 Å². The number of carbonyl (C=O) groups is 2. The number of fused-ring (bicyclic) bond motifs is 5. The molecule has 0 aromatic carbocycles. The molecule has 3 N–H and O–H groups in total. The third-order valence-electron chi connectivity index (χ3n) is 8.92. The Morgan fingerprint density at radius 1 is 1.11 bits per heavy atom. The third-order valence-corrected chi connectivity index (χ3v) is 8.92. The number of carbonyl (C=O) groups excluding carboxylic acids is 2. The van der Waals surface area contributed by atoms with E-state index >= 15 is 0 Å². The minimum absolute atomic E-state index is 0.0264. The van der Waals surface area contributed by atoms with Crippen molar-refractivity contribution < 1.29 is 9.59 Å². The average molecular weight is 387 g/mol. The molecule has 4 aliphatic rings. The molecule has 4 rings (SSSR count). The van der Waals surface area contributed by atoms with Gasteiger partial charge in [-0.3, -0.25) is 9.59 Å². The van der Waals surface area contributed by atoms with E-state index in [1.807, 2.05) is 20.8 Å². The number of hydrogen-bond acceptors (Lipinski definition) is 3. The first-order valence-corrected chi connectivity index (χ1v) is 11.3. The van der Waals surface area contributed by atoms with E-state index in [-0.39, 0.29) is 35.0 Å². The number of amides is 1. The maximum Gasteiger partial charge on any atom is 0.224 e. The van der Waals surface area contributed by atoms with Gasteiger partial charge in [-0.15, -0.1) is 0 Å². The molecule has 0 bridgehead atoms. The lowest BCUT2D eigenvalue weighted by Crippen LogP contribution is -2.58. The first-order valence-electron chi connectivity index (χ1n) is 11.3. The van der Waals surface area contributed by atoms with E-state index in [1.54, 1.807) is 0 Å². The number of hydrogen-bond donors (Lipinski definition) is 2. The van der Waals surface area contributed by atoms with E-state index in [9.17, 15) is 9.59 Å². The van der Waals surface area contributed by atoms with Crippen LogP contribution in [0.1, 0.15) is 86.0 Å². The SMILES string of the molecule is CC(C)(C)NC(=O)C1CC(=O)C(N)=C2CC[C@@H]3[C@@H](CC[C@]4(C)CCC[C@@H]34)[C@]21C. The molecular formula is C24H38N2O2. The molecule has 1 amide bonds. The summed E-state index contributed by atoms with van der Waals surface area (Å²) in [6, 6.07) is 0. The molecule has 3 fully saturated rings. The summed E-state index contributed by atoms with van der Waals surface area (Å²) in [5.74, 6) is 1.63. The van der Waals surface area contributed by atoms with Gasteiger partial charge in [-0.25, -0.2) is 0 Å². The van der Waals surface area contributed by atoms with Crippen LogP contribution >= 0.6 is 0 Å². The highest BCUT2D eigenvalue weighted by molar-refractivity contribution is 6.00. The number of rotatable bonds is 1. The second-order valence-corrected chi connectivity index (χ2v) is 11.6. The predicted octanol–water partition coefficient (Wildman–Crippen LogP) is 4.34. The quantitative estimate of drug-likeness (QED) is 0.704. The number of nitrogens with two attached hydrogens (primary N) is 1. The molecular weight excluding hydrogens is 348 g/mol. The molecule has 0 aliphatic heterocycles. The molecule has 0 aromatic heterocycles. The van der Waals surface area contributed by atoms with Crippen LogP contribution in [0.15, 0.2) is 11.3 Å². The van der Waals surface area contributed by atoms with Crippen LogP contribution in [0.5, 0.6) is 0 Å². The highest BCUT2D eigenvalue weighted by atomic mass is 16.2. The number of ketones is 1. The Balaban J connectivity index is 1.75. The number of Topliss-reactive ketones (excluding diaryl/α,β-unsaturated/α-hetero) is 1. The van der Waals surface area contributed by atoms with Crippen LogP contribution < -0.4 is 11.1 Å². The zero-order valence-corrected chi connectivity index (χ0v) is 18.4. The minimum Gasteiger partial charge on any atom is -0.396 e. The van der Waals surface area contributed by atoms with E-state index in [0.717, 1.165) is 24.3 Å². The second kappa shape index (κ2) is 6.34. The van der Waals surface area contributed by atoms with Gasteiger partial charge in [0, 0.05) is 17.4 Å². The molecule has 0 aromatic rings. The topological polar surface area (TPSA) is 72.2 Å². The molecule has 4 heteroatoms. The van der Waals surface area contributed by atoms with Gasteiger partial charge >= 0.3 is 0 Å². The largest absolute Gasteiger partial charge is 0.396 e. The van der Waals surface area contributed by atoms with Crippen LogP contribution in [0.3, 0.4) is 0 Å². The summed E-state index contributed by atoms with van der Waals surface area (Å²) in [6.45, 7) is 10.8. The second-order valence-electron chi connectivity index (χ2n) is 11.6. The molecule has 156 valence electrons. The molecule has 0 spiro atoms. The van der Waals surface area contributed by atoms with Crippen molar-refractivity contribution in [1.29, 1.82) is 0 Å². The van der Waals surface area contributed by atoms with Crippen LogP contribution in [0, 0.1) is 34.5 Å². The summed E-state index contributed by atoms with van der Waals surface area (Å²) in [6.07, 6.45) is 8.74. The summed E-state index contributed by atoms with van der Waals surface area (Å²) in [7, 11) is 0. The molecule has 0 saturated heterocycles. The molecule has 6 atom stereocenters. The fraction of sp³-hybridized carbons (Fsp3) is 0.833. The Morgan fingerprint density at radius 2 is 1.82 bits per heavy atom. The average Bonchev–Trinajstić information content (AvgIpc) is 2.98. The first kappa shape index (κ1) is 20.0. The molecule has 3 saturated carbocycles. The van der Waals surface area contributed by atoms with E-state index in [2.05, 4.69) is 19.2 Å². The van der Waals surface area contributed by atoms with Crippen LogP contribution in [-0.2, 0) is 9.59 Å². The molecule has 1 unspecified atom stereocenters. The van der Waals surface area contributed by atoms with Crippen molar-refractivity contribution in [2.45, 2.75) is 91.5 Å². The maximum atomic E-state index is 13.4. The summed E-state index contributed by atoms with van der Waals surface area (Å²) < 4.78 is 0. The van der Waals surface area contributed by atoms with Gasteiger partial charge in [0.15, 0.2) is 5.78 Å². The van der Waals surface area contributed by atoms with Crippen molar-refractivity contribution in [3.63, 3.8) is 0 Å². The highest BCUT2D eigenvalue weighted by Crippen LogP contribution is 2.66. The van der Waals surface area contributed by atoms with Gasteiger partial charge in [0.05, 0.1) is 11.6 Å². The van der Waals surface area contributed by atoms with Crippen LogP contribution in [0.2, 0.25) is 0 Å². The Bertz CT molecular complexity index is 733. The van der Waals surface area contributed by atoms with Crippen molar-refractivity contribution in [3.8, 4) is 0 Å². The number of nitrogens with one attached hydrogen (secondary N) is 1. The molecule has 4 aliphatic carbocycles. The highest BCUT2D eigenvalue weighted by Gasteiger charge is 2.61. The summed E-state index contributed by atoms with van der Waals surface area (Å²) >= 11 is 0. The van der Waals surface area contributed by atoms with Crippen molar-refractivity contribution in [2.75, 3.05) is 0 Å². The smallest absolute Gasteiger partial charge is 0.224 e. The Labute approximate surface area is 170 Å². The monoisotopic (exact) mass is 386 g/mol. The Morgan fingerprint density at radius 3 is 2.50 bits per heavy atom. The molecule has 0 heterocycles. The molecule has 4 nitrogen and oxygen atoms in total. The van der Waals surface area contributed by atoms with Gasteiger partial charge in [0.2, 0.25) is 5.91 Å². The summed E-state index contributed by atoms with van der Waals surface area (Å²) in [4.78, 5) is 26.1. The maximum absolute atomic E-state index is 13.4. The van der Waals surface area contributed by atoms with Crippen LogP contribution in [-0.4, -0.2) is 17.2 Å². The zero-order chi connectivity index (χ0) is 20.5. The standard InChI is InChI=1S/C24H38N2O2/c1-22(2,3)26-21(28)18-13-19(27)20(25)17-9-8-14-15-7-6-11-23(15,4)12-10-16(14)24(17,18)5/h14-16,18H,6-13,25H2,1-5H3,(H,26,28)/t14-,15-,16+,18?,23-,24+/m0/s1. The summed E-state index contributed by atoms with van der Waals surface area (Å²) in [5, 5.41) is 3.18. The van der Waals surface area contributed by atoms with Gasteiger partial charge in [-0.2, -0.15) is 0 Å². The molecule has 28 heavy (non-hydrogen) atoms. The van der Waals surface area contributed by atoms with E-state index in [1.165, 1.54) is 32.1 Å². The predicted molar refractivity (Wildman–Crippen MR) is 111 cm³/mol. The Hall–Kier alpha value is -1.32. The number of allylic oxidation sites excluding steroid dienone is 1. The van der Waals surface area contributed by atoms with Crippen LogP contribution in [0.25, 0.3) is 0 Å². The fourth-order valence-electron chi connectivity index (χ4n) is 7.62. The van der Waals surface area contributed by atoms with Gasteiger partial charge in [0.1, 0.15) is 0 Å². The lowest BCUT2D eigenvalue weighted by atomic mass is 9.45.